The lowest BCUT2D eigenvalue weighted by molar-refractivity contribution is 0.0913. The molecule has 0 aromatic carbocycles. The Morgan fingerprint density at radius 3 is 2.57 bits per heavy atom. The summed E-state index contributed by atoms with van der Waals surface area (Å²) in [6.07, 6.45) is 10.3. The van der Waals surface area contributed by atoms with Crippen LogP contribution < -0.4 is 0 Å². The van der Waals surface area contributed by atoms with Gasteiger partial charge in [-0.2, -0.15) is 0 Å². The first kappa shape index (κ1) is 14.6. The van der Waals surface area contributed by atoms with Gasteiger partial charge in [0.05, 0.1) is 29.8 Å². The highest BCUT2D eigenvalue weighted by atomic mass is 16.3. The number of pyridine rings is 1. The van der Waals surface area contributed by atoms with Crippen molar-refractivity contribution in [3.63, 3.8) is 0 Å². The van der Waals surface area contributed by atoms with E-state index in [0.717, 1.165) is 36.9 Å². The first-order valence-electron chi connectivity index (χ1n) is 8.38. The van der Waals surface area contributed by atoms with E-state index in [-0.39, 0.29) is 6.10 Å². The van der Waals surface area contributed by atoms with Crippen LogP contribution in [0.1, 0.15) is 75.7 Å². The van der Waals surface area contributed by atoms with Crippen LogP contribution in [0.25, 0.3) is 5.52 Å². The number of aromatic nitrogens is 2. The Bertz CT molecular complexity index is 594. The topological polar surface area (TPSA) is 37.5 Å². The molecule has 1 aliphatic rings. The lowest BCUT2D eigenvalue weighted by atomic mass is 9.89. The van der Waals surface area contributed by atoms with Crippen LogP contribution in [-0.2, 0) is 0 Å². The van der Waals surface area contributed by atoms with Crippen molar-refractivity contribution in [3.05, 3.63) is 35.9 Å². The summed E-state index contributed by atoms with van der Waals surface area (Å²) >= 11 is 0. The molecule has 1 unspecified atom stereocenters. The number of rotatable bonds is 7. The van der Waals surface area contributed by atoms with Gasteiger partial charge in [0.25, 0.3) is 0 Å². The van der Waals surface area contributed by atoms with Crippen molar-refractivity contribution in [3.8, 4) is 0 Å². The van der Waals surface area contributed by atoms with E-state index in [1.54, 1.807) is 0 Å². The molecule has 1 atom stereocenters. The van der Waals surface area contributed by atoms with Gasteiger partial charge in [-0.15, -0.1) is 0 Å². The lowest BCUT2D eigenvalue weighted by Crippen LogP contribution is -2.16. The Hall–Kier alpha value is -1.35. The van der Waals surface area contributed by atoms with E-state index in [1.807, 2.05) is 12.5 Å². The number of hydrogen-bond donors (Lipinski definition) is 1. The van der Waals surface area contributed by atoms with Crippen LogP contribution in [0.2, 0.25) is 0 Å². The van der Waals surface area contributed by atoms with Crippen molar-refractivity contribution in [2.45, 2.75) is 64.4 Å². The number of hydrogen-bond acceptors (Lipinski definition) is 2. The molecule has 3 nitrogen and oxygen atoms in total. The molecule has 1 saturated carbocycles. The van der Waals surface area contributed by atoms with Crippen LogP contribution in [0, 0.1) is 5.92 Å². The Morgan fingerprint density at radius 2 is 1.95 bits per heavy atom. The Balaban J connectivity index is 1.98. The summed E-state index contributed by atoms with van der Waals surface area (Å²) in [4.78, 5) is 4.27. The second-order valence-electron chi connectivity index (χ2n) is 6.46. The maximum atomic E-state index is 10.9. The zero-order valence-electron chi connectivity index (χ0n) is 13.1. The van der Waals surface area contributed by atoms with Gasteiger partial charge in [0.15, 0.2) is 0 Å². The van der Waals surface area contributed by atoms with Crippen LogP contribution in [0.15, 0.2) is 24.7 Å². The van der Waals surface area contributed by atoms with Gasteiger partial charge in [0.2, 0.25) is 0 Å². The van der Waals surface area contributed by atoms with Gasteiger partial charge in [0.1, 0.15) is 0 Å². The van der Waals surface area contributed by atoms with E-state index < -0.39 is 0 Å². The van der Waals surface area contributed by atoms with Gasteiger partial charge in [-0.05, 0) is 55.2 Å². The van der Waals surface area contributed by atoms with Gasteiger partial charge < -0.3 is 9.51 Å². The van der Waals surface area contributed by atoms with Gasteiger partial charge in [-0.25, -0.2) is 4.98 Å². The average Bonchev–Trinajstić information content (AvgIpc) is 3.23. The monoisotopic (exact) mass is 286 g/mol. The molecule has 2 aromatic rings. The molecule has 2 aromatic heterocycles. The predicted octanol–water partition coefficient (Wildman–Crippen LogP) is 4.46. The molecule has 1 aliphatic carbocycles. The van der Waals surface area contributed by atoms with Crippen molar-refractivity contribution >= 4 is 5.52 Å². The van der Waals surface area contributed by atoms with E-state index in [2.05, 4.69) is 35.4 Å². The summed E-state index contributed by atoms with van der Waals surface area (Å²) < 4.78 is 2.06. The van der Waals surface area contributed by atoms with Gasteiger partial charge >= 0.3 is 0 Å². The fraction of sp³-hybridized carbons (Fsp3) is 0.611. The minimum Gasteiger partial charge on any atom is -0.387 e. The highest BCUT2D eigenvalue weighted by Crippen LogP contribution is 2.42. The van der Waals surface area contributed by atoms with E-state index in [0.29, 0.717) is 11.8 Å². The minimum absolute atomic E-state index is 0.347. The molecule has 1 fully saturated rings. The van der Waals surface area contributed by atoms with E-state index in [1.165, 1.54) is 18.4 Å². The quantitative estimate of drug-likeness (QED) is 0.816. The van der Waals surface area contributed by atoms with E-state index >= 15 is 0 Å². The highest BCUT2D eigenvalue weighted by molar-refractivity contribution is 5.51. The normalized spacial score (nSPS) is 16.8. The van der Waals surface area contributed by atoms with Gasteiger partial charge in [0, 0.05) is 0 Å². The number of nitrogens with zero attached hydrogens (tertiary/aromatic N) is 2. The van der Waals surface area contributed by atoms with Gasteiger partial charge in [-0.3, -0.25) is 0 Å². The molecule has 0 radical (unpaired) electrons. The second-order valence-corrected chi connectivity index (χ2v) is 6.46. The minimum atomic E-state index is -0.389. The molecule has 2 heterocycles. The molecule has 3 heteroatoms. The Kier molecular flexibility index (Phi) is 4.29. The molecule has 0 bridgehead atoms. The molecule has 114 valence electrons. The van der Waals surface area contributed by atoms with E-state index in [4.69, 9.17) is 0 Å². The largest absolute Gasteiger partial charge is 0.387 e. The molecule has 0 saturated heterocycles. The summed E-state index contributed by atoms with van der Waals surface area (Å²) in [5, 5.41) is 10.9. The maximum Gasteiger partial charge on any atom is 0.0995 e. The summed E-state index contributed by atoms with van der Waals surface area (Å²) in [6.45, 7) is 4.39. The van der Waals surface area contributed by atoms with Crippen molar-refractivity contribution in [2.24, 2.45) is 5.92 Å². The lowest BCUT2D eigenvalue weighted by Gasteiger charge is -2.24. The van der Waals surface area contributed by atoms with Gasteiger partial charge in [-0.1, -0.05) is 26.7 Å². The first-order chi connectivity index (χ1) is 10.2. The van der Waals surface area contributed by atoms with Crippen molar-refractivity contribution in [1.82, 2.24) is 9.38 Å². The molecule has 0 spiro atoms. The third kappa shape index (κ3) is 2.98. The van der Waals surface area contributed by atoms with Crippen molar-refractivity contribution in [2.75, 3.05) is 0 Å². The number of aliphatic hydroxyl groups is 1. The summed E-state index contributed by atoms with van der Waals surface area (Å²) in [7, 11) is 0. The maximum absolute atomic E-state index is 10.9. The number of fused-ring (bicyclic) bond motifs is 1. The smallest absolute Gasteiger partial charge is 0.0995 e. The molecule has 0 amide bonds. The van der Waals surface area contributed by atoms with Crippen LogP contribution >= 0.6 is 0 Å². The third-order valence-electron chi connectivity index (χ3n) is 4.69. The predicted molar refractivity (Wildman–Crippen MR) is 85.4 cm³/mol. The van der Waals surface area contributed by atoms with Crippen LogP contribution in [-0.4, -0.2) is 14.5 Å². The number of imidazole rings is 1. The van der Waals surface area contributed by atoms with Crippen molar-refractivity contribution < 1.29 is 5.11 Å². The summed E-state index contributed by atoms with van der Waals surface area (Å²) in [5.74, 6) is 1.05. The number of aliphatic hydroxyl groups excluding tert-OH is 1. The molecule has 3 rings (SSSR count). The molecular formula is C18H26N2O. The third-order valence-corrected chi connectivity index (χ3v) is 4.69. The summed E-state index contributed by atoms with van der Waals surface area (Å²) in [5.41, 5.74) is 3.52. The van der Waals surface area contributed by atoms with Crippen LogP contribution in [0.5, 0.6) is 0 Å². The standard InChI is InChI=1S/C18H26N2O/c1-3-5-14(6-4-2)18(21)17-10-15(13-7-8-13)9-16-11-19-12-20(16)17/h9-14,18,21H,3-8H2,1-2H3. The zero-order valence-corrected chi connectivity index (χ0v) is 13.1. The Morgan fingerprint density at radius 1 is 1.24 bits per heavy atom. The van der Waals surface area contributed by atoms with E-state index in [9.17, 15) is 5.11 Å². The molecule has 1 N–H and O–H groups in total. The molecule has 0 aliphatic heterocycles. The second kappa shape index (κ2) is 6.18. The van der Waals surface area contributed by atoms with Crippen LogP contribution in [0.4, 0.5) is 0 Å². The zero-order chi connectivity index (χ0) is 14.8. The first-order valence-corrected chi connectivity index (χ1v) is 8.38. The molecule has 21 heavy (non-hydrogen) atoms. The highest BCUT2D eigenvalue weighted by Gasteiger charge is 2.27. The average molecular weight is 286 g/mol. The van der Waals surface area contributed by atoms with Crippen molar-refractivity contribution in [1.29, 1.82) is 0 Å². The molecular weight excluding hydrogens is 260 g/mol. The van der Waals surface area contributed by atoms with Crippen LogP contribution in [0.3, 0.4) is 0 Å². The fourth-order valence-corrected chi connectivity index (χ4v) is 3.40. The fourth-order valence-electron chi connectivity index (χ4n) is 3.40. The summed E-state index contributed by atoms with van der Waals surface area (Å²) in [6, 6.07) is 4.45. The Labute approximate surface area is 127 Å². The SMILES string of the molecule is CCCC(CCC)C(O)c1cc(C2CC2)cc2cncn12.